The van der Waals surface area contributed by atoms with Crippen molar-refractivity contribution in [2.75, 3.05) is 6.54 Å². The summed E-state index contributed by atoms with van der Waals surface area (Å²) in [4.78, 5) is 0. The Morgan fingerprint density at radius 1 is 1.40 bits per heavy atom. The number of nitrogens with two attached hydrogens (primary N) is 2. The summed E-state index contributed by atoms with van der Waals surface area (Å²) < 4.78 is 0. The van der Waals surface area contributed by atoms with Crippen LogP contribution >= 0.6 is 0 Å². The highest BCUT2D eigenvalue weighted by atomic mass is 16.3. The lowest BCUT2D eigenvalue weighted by molar-refractivity contribution is 0.142. The van der Waals surface area contributed by atoms with Gasteiger partial charge in [0.2, 0.25) is 0 Å². The van der Waals surface area contributed by atoms with Gasteiger partial charge in [-0.1, -0.05) is 13.8 Å². The number of aliphatic hydroxyl groups excluding tert-OH is 1. The van der Waals surface area contributed by atoms with E-state index in [-0.39, 0.29) is 12.6 Å². The quantitative estimate of drug-likeness (QED) is 0.509. The average Bonchev–Trinajstić information content (AvgIpc) is 1.85. The average molecular weight is 146 g/mol. The first kappa shape index (κ1) is 9.88. The second kappa shape index (κ2) is 4.66. The predicted molar refractivity (Wildman–Crippen MR) is 42.5 cm³/mol. The summed E-state index contributed by atoms with van der Waals surface area (Å²) in [5, 5.41) is 9.13. The zero-order chi connectivity index (χ0) is 8.15. The van der Waals surface area contributed by atoms with Gasteiger partial charge in [0.1, 0.15) is 0 Å². The van der Waals surface area contributed by atoms with Crippen molar-refractivity contribution < 1.29 is 5.11 Å². The van der Waals surface area contributed by atoms with Crippen LogP contribution in [0.25, 0.3) is 0 Å². The fraction of sp³-hybridized carbons (Fsp3) is 1.00. The van der Waals surface area contributed by atoms with E-state index >= 15 is 0 Å². The SMILES string of the molecule is CC(C)CC(N)C(O)CN. The first-order chi connectivity index (χ1) is 4.57. The summed E-state index contributed by atoms with van der Waals surface area (Å²) in [6.45, 7) is 4.40. The molecule has 0 radical (unpaired) electrons. The van der Waals surface area contributed by atoms with Gasteiger partial charge in [0.25, 0.3) is 0 Å². The third-order valence-electron chi connectivity index (χ3n) is 1.48. The summed E-state index contributed by atoms with van der Waals surface area (Å²) in [5.41, 5.74) is 10.8. The molecule has 0 bridgehead atoms. The van der Waals surface area contributed by atoms with Crippen molar-refractivity contribution in [3.05, 3.63) is 0 Å². The minimum Gasteiger partial charge on any atom is -0.390 e. The van der Waals surface area contributed by atoms with E-state index in [2.05, 4.69) is 13.8 Å². The summed E-state index contributed by atoms with van der Waals surface area (Å²) in [5.74, 6) is 0.524. The number of hydrogen-bond acceptors (Lipinski definition) is 3. The Kier molecular flexibility index (Phi) is 4.60. The van der Waals surface area contributed by atoms with Crippen LogP contribution in [-0.2, 0) is 0 Å². The predicted octanol–water partition coefficient (Wildman–Crippen LogP) is -0.321. The lowest BCUT2D eigenvalue weighted by Gasteiger charge is -2.18. The third kappa shape index (κ3) is 3.82. The molecule has 0 aliphatic carbocycles. The van der Waals surface area contributed by atoms with E-state index in [1.807, 2.05) is 0 Å². The molecule has 0 aromatic heterocycles. The summed E-state index contributed by atoms with van der Waals surface area (Å²) in [6.07, 6.45) is 0.292. The van der Waals surface area contributed by atoms with Crippen LogP contribution in [0, 0.1) is 5.92 Å². The summed E-state index contributed by atoms with van der Waals surface area (Å²) in [6, 6.07) is -0.162. The van der Waals surface area contributed by atoms with E-state index in [0.717, 1.165) is 6.42 Å². The molecule has 0 saturated carbocycles. The maximum atomic E-state index is 9.13. The number of hydrogen-bond donors (Lipinski definition) is 3. The Hall–Kier alpha value is -0.120. The van der Waals surface area contributed by atoms with Crippen LogP contribution in [0.4, 0.5) is 0 Å². The van der Waals surface area contributed by atoms with E-state index in [0.29, 0.717) is 5.92 Å². The van der Waals surface area contributed by atoms with Gasteiger partial charge in [-0.2, -0.15) is 0 Å². The third-order valence-corrected chi connectivity index (χ3v) is 1.48. The minimum atomic E-state index is -0.539. The molecule has 0 rings (SSSR count). The molecule has 62 valence electrons. The molecule has 0 aromatic rings. The van der Waals surface area contributed by atoms with Crippen LogP contribution in [0.3, 0.4) is 0 Å². The number of rotatable bonds is 4. The smallest absolute Gasteiger partial charge is 0.0813 e. The van der Waals surface area contributed by atoms with Gasteiger partial charge in [-0.15, -0.1) is 0 Å². The molecule has 10 heavy (non-hydrogen) atoms. The van der Waals surface area contributed by atoms with Crippen molar-refractivity contribution in [3.8, 4) is 0 Å². The molecule has 2 atom stereocenters. The van der Waals surface area contributed by atoms with E-state index < -0.39 is 6.10 Å². The van der Waals surface area contributed by atoms with Gasteiger partial charge < -0.3 is 16.6 Å². The van der Waals surface area contributed by atoms with E-state index in [1.54, 1.807) is 0 Å². The van der Waals surface area contributed by atoms with Crippen LogP contribution in [0.5, 0.6) is 0 Å². The molecule has 0 aromatic carbocycles. The minimum absolute atomic E-state index is 0.162. The largest absolute Gasteiger partial charge is 0.390 e. The van der Waals surface area contributed by atoms with Crippen LogP contribution < -0.4 is 11.5 Å². The van der Waals surface area contributed by atoms with Crippen LogP contribution in [0.15, 0.2) is 0 Å². The fourth-order valence-electron chi connectivity index (χ4n) is 0.876. The van der Waals surface area contributed by atoms with Gasteiger partial charge in [0.15, 0.2) is 0 Å². The zero-order valence-electron chi connectivity index (χ0n) is 6.75. The van der Waals surface area contributed by atoms with Crippen molar-refractivity contribution in [2.24, 2.45) is 17.4 Å². The van der Waals surface area contributed by atoms with Crippen LogP contribution in [0.1, 0.15) is 20.3 Å². The monoisotopic (exact) mass is 146 g/mol. The highest BCUT2D eigenvalue weighted by molar-refractivity contribution is 4.73. The molecule has 0 saturated heterocycles. The van der Waals surface area contributed by atoms with Crippen LogP contribution in [0.2, 0.25) is 0 Å². The molecular formula is C7H18N2O. The summed E-state index contributed by atoms with van der Waals surface area (Å²) >= 11 is 0. The molecular weight excluding hydrogens is 128 g/mol. The highest BCUT2D eigenvalue weighted by Gasteiger charge is 2.13. The van der Waals surface area contributed by atoms with Crippen molar-refractivity contribution in [1.82, 2.24) is 0 Å². The molecule has 0 aliphatic heterocycles. The van der Waals surface area contributed by atoms with Gasteiger partial charge in [-0.25, -0.2) is 0 Å². The van der Waals surface area contributed by atoms with Crippen LogP contribution in [-0.4, -0.2) is 23.8 Å². The Bertz CT molecular complexity index is 85.7. The molecule has 0 amide bonds. The standard InChI is InChI=1S/C7H18N2O/c1-5(2)3-6(9)7(10)4-8/h5-7,10H,3-4,8-9H2,1-2H3. The van der Waals surface area contributed by atoms with Crippen molar-refractivity contribution in [1.29, 1.82) is 0 Å². The van der Waals surface area contributed by atoms with Crippen molar-refractivity contribution in [2.45, 2.75) is 32.4 Å². The van der Waals surface area contributed by atoms with Gasteiger partial charge >= 0.3 is 0 Å². The second-order valence-electron chi connectivity index (χ2n) is 3.10. The van der Waals surface area contributed by atoms with E-state index in [9.17, 15) is 0 Å². The lowest BCUT2D eigenvalue weighted by Crippen LogP contribution is -2.40. The molecule has 0 heterocycles. The van der Waals surface area contributed by atoms with Gasteiger partial charge in [0.05, 0.1) is 6.10 Å². The zero-order valence-corrected chi connectivity index (χ0v) is 6.75. The fourth-order valence-corrected chi connectivity index (χ4v) is 0.876. The number of aliphatic hydroxyl groups is 1. The maximum Gasteiger partial charge on any atom is 0.0813 e. The van der Waals surface area contributed by atoms with Gasteiger partial charge in [-0.05, 0) is 12.3 Å². The van der Waals surface area contributed by atoms with Gasteiger partial charge in [-0.3, -0.25) is 0 Å². The Morgan fingerprint density at radius 3 is 2.20 bits per heavy atom. The molecule has 5 N–H and O–H groups in total. The summed E-state index contributed by atoms with van der Waals surface area (Å²) in [7, 11) is 0. The normalized spacial score (nSPS) is 17.4. The molecule has 0 spiro atoms. The molecule has 2 unspecified atom stereocenters. The lowest BCUT2D eigenvalue weighted by atomic mass is 10.0. The maximum absolute atomic E-state index is 9.13. The first-order valence-corrected chi connectivity index (χ1v) is 3.71. The Labute approximate surface area is 62.4 Å². The topological polar surface area (TPSA) is 72.3 Å². The van der Waals surface area contributed by atoms with E-state index in [1.165, 1.54) is 0 Å². The molecule has 0 fully saturated rings. The molecule has 0 aliphatic rings. The molecule has 3 nitrogen and oxygen atoms in total. The van der Waals surface area contributed by atoms with Gasteiger partial charge in [0, 0.05) is 12.6 Å². The Balaban J connectivity index is 3.50. The van der Waals surface area contributed by atoms with Crippen molar-refractivity contribution >= 4 is 0 Å². The molecule has 3 heteroatoms. The second-order valence-corrected chi connectivity index (χ2v) is 3.10. The van der Waals surface area contributed by atoms with Crippen molar-refractivity contribution in [3.63, 3.8) is 0 Å². The highest BCUT2D eigenvalue weighted by Crippen LogP contribution is 2.04. The Morgan fingerprint density at radius 2 is 1.90 bits per heavy atom. The van der Waals surface area contributed by atoms with E-state index in [4.69, 9.17) is 16.6 Å². The first-order valence-electron chi connectivity index (χ1n) is 3.71.